The lowest BCUT2D eigenvalue weighted by Gasteiger charge is -2.10. The van der Waals surface area contributed by atoms with Crippen molar-refractivity contribution in [3.05, 3.63) is 88.4 Å². The predicted octanol–water partition coefficient (Wildman–Crippen LogP) is 5.76. The number of carboxylic acid groups (broad SMARTS) is 1. The second-order valence-corrected chi connectivity index (χ2v) is 7.75. The Morgan fingerprint density at radius 3 is 2.41 bits per heavy atom. The molecule has 0 bridgehead atoms. The van der Waals surface area contributed by atoms with Crippen LogP contribution in [0.1, 0.15) is 40.2 Å². The van der Waals surface area contributed by atoms with Crippen LogP contribution in [0.2, 0.25) is 5.02 Å². The monoisotopic (exact) mass is 405 g/mol. The number of nitrogens with one attached hydrogen (secondary N) is 1. The Kier molecular flexibility index (Phi) is 5.36. The highest BCUT2D eigenvalue weighted by atomic mass is 35.5. The van der Waals surface area contributed by atoms with E-state index in [1.54, 1.807) is 0 Å². The topological polar surface area (TPSA) is 66.4 Å². The Morgan fingerprint density at radius 2 is 1.72 bits per heavy atom. The number of hydrogen-bond donors (Lipinski definition) is 2. The van der Waals surface area contributed by atoms with Gasteiger partial charge in [0.1, 0.15) is 0 Å². The van der Waals surface area contributed by atoms with E-state index in [2.05, 4.69) is 29.6 Å². The summed E-state index contributed by atoms with van der Waals surface area (Å²) in [6.45, 7) is 0. The molecule has 0 unspecified atom stereocenters. The molecule has 0 aromatic heterocycles. The van der Waals surface area contributed by atoms with Crippen molar-refractivity contribution in [2.45, 2.75) is 25.2 Å². The van der Waals surface area contributed by atoms with Crippen LogP contribution in [-0.4, -0.2) is 17.0 Å². The SMILES string of the molecule is O=C(Cc1cccc(-c2ccc(C3CC3)cc2)c1)Nc1cc(Cl)ccc1C(=O)O. The zero-order chi connectivity index (χ0) is 20.4. The first kappa shape index (κ1) is 19.2. The summed E-state index contributed by atoms with van der Waals surface area (Å²) in [6, 6.07) is 20.7. The molecular weight excluding hydrogens is 386 g/mol. The molecule has 4 rings (SSSR count). The van der Waals surface area contributed by atoms with Gasteiger partial charge >= 0.3 is 5.97 Å². The summed E-state index contributed by atoms with van der Waals surface area (Å²) in [4.78, 5) is 23.8. The van der Waals surface area contributed by atoms with Gasteiger partial charge in [-0.2, -0.15) is 0 Å². The van der Waals surface area contributed by atoms with E-state index in [-0.39, 0.29) is 23.6 Å². The summed E-state index contributed by atoms with van der Waals surface area (Å²) < 4.78 is 0. The number of halogens is 1. The van der Waals surface area contributed by atoms with Gasteiger partial charge in [0.2, 0.25) is 5.91 Å². The third-order valence-electron chi connectivity index (χ3n) is 5.07. The van der Waals surface area contributed by atoms with E-state index in [0.717, 1.165) is 22.6 Å². The molecule has 0 aliphatic heterocycles. The second kappa shape index (κ2) is 8.10. The molecule has 29 heavy (non-hydrogen) atoms. The van der Waals surface area contributed by atoms with Crippen LogP contribution in [0.3, 0.4) is 0 Å². The van der Waals surface area contributed by atoms with Crippen LogP contribution in [0.25, 0.3) is 11.1 Å². The summed E-state index contributed by atoms with van der Waals surface area (Å²) in [5.74, 6) is -0.689. The zero-order valence-electron chi connectivity index (χ0n) is 15.7. The van der Waals surface area contributed by atoms with Crippen molar-refractivity contribution in [2.24, 2.45) is 0 Å². The van der Waals surface area contributed by atoms with Gasteiger partial charge in [0, 0.05) is 5.02 Å². The van der Waals surface area contributed by atoms with Crippen molar-refractivity contribution in [1.29, 1.82) is 0 Å². The summed E-state index contributed by atoms with van der Waals surface area (Å²) in [6.07, 6.45) is 2.69. The first-order valence-electron chi connectivity index (χ1n) is 9.51. The van der Waals surface area contributed by atoms with Crippen LogP contribution in [0.4, 0.5) is 5.69 Å². The van der Waals surface area contributed by atoms with Gasteiger partial charge in [-0.3, -0.25) is 4.79 Å². The highest BCUT2D eigenvalue weighted by Gasteiger charge is 2.23. The summed E-state index contributed by atoms with van der Waals surface area (Å²) in [5, 5.41) is 12.3. The maximum atomic E-state index is 12.5. The minimum Gasteiger partial charge on any atom is -0.478 e. The molecule has 1 aliphatic carbocycles. The summed E-state index contributed by atoms with van der Waals surface area (Å²) >= 11 is 5.94. The van der Waals surface area contributed by atoms with Gasteiger partial charge in [-0.25, -0.2) is 4.79 Å². The molecule has 1 aliphatic rings. The average molecular weight is 406 g/mol. The van der Waals surface area contributed by atoms with Crippen molar-refractivity contribution in [3.8, 4) is 11.1 Å². The molecule has 0 spiro atoms. The van der Waals surface area contributed by atoms with Crippen molar-refractivity contribution < 1.29 is 14.7 Å². The molecular formula is C24H20ClNO3. The second-order valence-electron chi connectivity index (χ2n) is 7.32. The quantitative estimate of drug-likeness (QED) is 0.547. The Balaban J connectivity index is 1.48. The largest absolute Gasteiger partial charge is 0.478 e. The standard InChI is InChI=1S/C24H20ClNO3/c25-20-10-11-21(24(28)29)22(14-20)26-23(27)13-15-2-1-3-19(12-15)18-8-6-17(7-9-18)16-4-5-16/h1-3,6-12,14,16H,4-5,13H2,(H,26,27)(H,28,29). The maximum absolute atomic E-state index is 12.5. The molecule has 1 fully saturated rings. The van der Waals surface area contributed by atoms with E-state index in [9.17, 15) is 14.7 Å². The fourth-order valence-electron chi connectivity index (χ4n) is 3.41. The molecule has 3 aromatic rings. The van der Waals surface area contributed by atoms with Crippen LogP contribution < -0.4 is 5.32 Å². The van der Waals surface area contributed by atoms with E-state index in [1.165, 1.54) is 36.6 Å². The average Bonchev–Trinajstić information content (AvgIpc) is 3.53. The van der Waals surface area contributed by atoms with Gasteiger partial charge in [0.25, 0.3) is 0 Å². The molecule has 1 saturated carbocycles. The lowest BCUT2D eigenvalue weighted by molar-refractivity contribution is -0.115. The number of hydrogen-bond acceptors (Lipinski definition) is 2. The third-order valence-corrected chi connectivity index (χ3v) is 5.31. The Morgan fingerprint density at radius 1 is 0.966 bits per heavy atom. The number of carbonyl (C=O) groups is 2. The molecule has 5 heteroatoms. The van der Waals surface area contributed by atoms with E-state index in [0.29, 0.717) is 5.02 Å². The van der Waals surface area contributed by atoms with Gasteiger partial charge in [0.15, 0.2) is 0 Å². The van der Waals surface area contributed by atoms with E-state index in [1.807, 2.05) is 24.3 Å². The molecule has 0 heterocycles. The molecule has 146 valence electrons. The molecule has 2 N–H and O–H groups in total. The number of aromatic carboxylic acids is 1. The van der Waals surface area contributed by atoms with Crippen molar-refractivity contribution >= 4 is 29.2 Å². The predicted molar refractivity (Wildman–Crippen MR) is 115 cm³/mol. The number of benzene rings is 3. The zero-order valence-corrected chi connectivity index (χ0v) is 16.4. The smallest absolute Gasteiger partial charge is 0.337 e. The first-order chi connectivity index (χ1) is 14.0. The van der Waals surface area contributed by atoms with E-state index >= 15 is 0 Å². The van der Waals surface area contributed by atoms with Gasteiger partial charge in [-0.1, -0.05) is 60.1 Å². The van der Waals surface area contributed by atoms with Crippen LogP contribution in [0, 0.1) is 0 Å². The highest BCUT2D eigenvalue weighted by Crippen LogP contribution is 2.40. The molecule has 3 aromatic carbocycles. The van der Waals surface area contributed by atoms with Crippen LogP contribution in [-0.2, 0) is 11.2 Å². The number of amides is 1. The van der Waals surface area contributed by atoms with Crippen LogP contribution in [0.15, 0.2) is 66.7 Å². The Hall–Kier alpha value is -3.11. The molecule has 4 nitrogen and oxygen atoms in total. The lowest BCUT2D eigenvalue weighted by Crippen LogP contribution is -2.16. The maximum Gasteiger partial charge on any atom is 0.337 e. The van der Waals surface area contributed by atoms with Gasteiger partial charge < -0.3 is 10.4 Å². The molecule has 1 amide bonds. The lowest BCUT2D eigenvalue weighted by atomic mass is 9.99. The fourth-order valence-corrected chi connectivity index (χ4v) is 3.58. The Labute approximate surface area is 174 Å². The van der Waals surface area contributed by atoms with E-state index < -0.39 is 5.97 Å². The number of carboxylic acids is 1. The number of anilines is 1. The minimum atomic E-state index is -1.12. The van der Waals surface area contributed by atoms with Crippen molar-refractivity contribution in [3.63, 3.8) is 0 Å². The van der Waals surface area contributed by atoms with Gasteiger partial charge in [-0.15, -0.1) is 0 Å². The Bertz CT molecular complexity index is 1070. The highest BCUT2D eigenvalue weighted by molar-refractivity contribution is 6.31. The fraction of sp³-hybridized carbons (Fsp3) is 0.167. The van der Waals surface area contributed by atoms with Crippen LogP contribution in [0.5, 0.6) is 0 Å². The molecule has 0 radical (unpaired) electrons. The number of rotatable bonds is 6. The van der Waals surface area contributed by atoms with Crippen molar-refractivity contribution in [2.75, 3.05) is 5.32 Å². The minimum absolute atomic E-state index is 0.00672. The van der Waals surface area contributed by atoms with Crippen LogP contribution >= 0.6 is 11.6 Å². The molecule has 0 atom stereocenters. The summed E-state index contributed by atoms with van der Waals surface area (Å²) in [7, 11) is 0. The normalized spacial score (nSPS) is 13.1. The van der Waals surface area contributed by atoms with Crippen molar-refractivity contribution in [1.82, 2.24) is 0 Å². The van der Waals surface area contributed by atoms with Gasteiger partial charge in [-0.05, 0) is 59.2 Å². The van der Waals surface area contributed by atoms with E-state index in [4.69, 9.17) is 11.6 Å². The summed E-state index contributed by atoms with van der Waals surface area (Å²) in [5.41, 5.74) is 4.60. The van der Waals surface area contributed by atoms with Gasteiger partial charge in [0.05, 0.1) is 17.7 Å². The molecule has 0 saturated heterocycles. The number of carbonyl (C=O) groups excluding carboxylic acids is 1. The third kappa shape index (κ3) is 4.66. The first-order valence-corrected chi connectivity index (χ1v) is 9.89.